The Morgan fingerprint density at radius 2 is 0.857 bits per heavy atom. The molecule has 230 valence electrons. The molecule has 0 saturated heterocycles. The van der Waals surface area contributed by atoms with Crippen molar-refractivity contribution in [2.24, 2.45) is 0 Å². The maximum atomic E-state index is 6.58. The van der Waals surface area contributed by atoms with Gasteiger partial charge in [-0.1, -0.05) is 77.6 Å². The Balaban J connectivity index is 1.87. The fourth-order valence-electron chi connectivity index (χ4n) is 4.39. The van der Waals surface area contributed by atoms with E-state index in [1.807, 2.05) is 24.3 Å². The first-order chi connectivity index (χ1) is 20.7. The Hall–Kier alpha value is -3.02. The Morgan fingerprint density at radius 3 is 1.26 bits per heavy atom. The van der Waals surface area contributed by atoms with E-state index in [2.05, 4.69) is 70.2 Å². The van der Waals surface area contributed by atoms with Crippen LogP contribution in [0.3, 0.4) is 0 Å². The molecular formula is C37H52O5. The molecular weight excluding hydrogens is 524 g/mol. The summed E-state index contributed by atoms with van der Waals surface area (Å²) in [6, 6.07) is 23.1. The third-order valence-electron chi connectivity index (χ3n) is 7.01. The molecule has 3 aromatic carbocycles. The number of hydrogen-bond donors (Lipinski definition) is 0. The van der Waals surface area contributed by atoms with Crippen molar-refractivity contribution in [3.8, 4) is 39.5 Å². The molecule has 0 spiro atoms. The largest absolute Gasteiger partial charge is 0.494 e. The summed E-state index contributed by atoms with van der Waals surface area (Å²) >= 11 is 0. The molecule has 5 heteroatoms. The number of unbranched alkanes of at least 4 members (excludes halogenated alkanes) is 4. The molecule has 0 amide bonds. The molecule has 0 unspecified atom stereocenters. The Morgan fingerprint density at radius 1 is 0.452 bits per heavy atom. The van der Waals surface area contributed by atoms with Crippen LogP contribution in [0.1, 0.15) is 79.1 Å². The molecule has 0 aliphatic heterocycles. The predicted octanol–water partition coefficient (Wildman–Crippen LogP) is 9.76. The summed E-state index contributed by atoms with van der Waals surface area (Å²) in [7, 11) is 0. The maximum Gasteiger partial charge on any atom is 0.145 e. The first-order valence-corrected chi connectivity index (χ1v) is 16.1. The fourth-order valence-corrected chi connectivity index (χ4v) is 4.39. The molecule has 0 aliphatic carbocycles. The normalized spacial score (nSPS) is 11.2. The first kappa shape index (κ1) is 33.5. The molecule has 0 fully saturated rings. The molecule has 0 saturated carbocycles. The minimum atomic E-state index is -0.189. The second kappa shape index (κ2) is 20.0. The van der Waals surface area contributed by atoms with E-state index in [-0.39, 0.29) is 6.10 Å². The lowest BCUT2D eigenvalue weighted by molar-refractivity contribution is -0.00732. The Kier molecular flexibility index (Phi) is 15.9. The summed E-state index contributed by atoms with van der Waals surface area (Å²) in [4.78, 5) is 0. The summed E-state index contributed by atoms with van der Waals surface area (Å²) in [6.45, 7) is 12.6. The van der Waals surface area contributed by atoms with E-state index in [1.54, 1.807) is 0 Å². The lowest BCUT2D eigenvalue weighted by atomic mass is 9.98. The van der Waals surface area contributed by atoms with E-state index >= 15 is 0 Å². The third-order valence-corrected chi connectivity index (χ3v) is 7.01. The van der Waals surface area contributed by atoms with E-state index in [0.717, 1.165) is 117 Å². The number of hydrogen-bond acceptors (Lipinski definition) is 5. The molecule has 42 heavy (non-hydrogen) atoms. The van der Waals surface area contributed by atoms with Crippen LogP contribution in [-0.4, -0.2) is 45.7 Å². The van der Waals surface area contributed by atoms with Crippen LogP contribution < -0.4 is 14.2 Å². The molecule has 0 atom stereocenters. The smallest absolute Gasteiger partial charge is 0.145 e. The van der Waals surface area contributed by atoms with Gasteiger partial charge < -0.3 is 23.7 Å². The topological polar surface area (TPSA) is 46.2 Å². The molecule has 0 aliphatic rings. The molecule has 5 nitrogen and oxygen atoms in total. The highest BCUT2D eigenvalue weighted by Crippen LogP contribution is 2.33. The van der Waals surface area contributed by atoms with E-state index in [0.29, 0.717) is 13.2 Å². The van der Waals surface area contributed by atoms with Gasteiger partial charge >= 0.3 is 0 Å². The van der Waals surface area contributed by atoms with Crippen LogP contribution >= 0.6 is 0 Å². The molecule has 0 heterocycles. The van der Waals surface area contributed by atoms with Crippen molar-refractivity contribution in [2.75, 3.05) is 39.6 Å². The second-order valence-electron chi connectivity index (χ2n) is 10.8. The summed E-state index contributed by atoms with van der Waals surface area (Å²) in [6.07, 6.45) is 8.45. The predicted molar refractivity (Wildman–Crippen MR) is 174 cm³/mol. The van der Waals surface area contributed by atoms with Crippen molar-refractivity contribution >= 4 is 0 Å². The third kappa shape index (κ3) is 12.1. The van der Waals surface area contributed by atoms with Gasteiger partial charge in [0.15, 0.2) is 0 Å². The van der Waals surface area contributed by atoms with Crippen LogP contribution in [0.15, 0.2) is 66.7 Å². The van der Waals surface area contributed by atoms with Crippen molar-refractivity contribution in [3.63, 3.8) is 0 Å². The van der Waals surface area contributed by atoms with E-state index in [9.17, 15) is 0 Å². The highest BCUT2D eigenvalue weighted by molar-refractivity contribution is 5.75. The van der Waals surface area contributed by atoms with Gasteiger partial charge in [-0.3, -0.25) is 0 Å². The summed E-state index contributed by atoms with van der Waals surface area (Å²) in [5.41, 5.74) is 4.39. The van der Waals surface area contributed by atoms with Gasteiger partial charge in [0.2, 0.25) is 0 Å². The van der Waals surface area contributed by atoms with E-state index in [1.165, 1.54) is 0 Å². The van der Waals surface area contributed by atoms with E-state index < -0.39 is 0 Å². The van der Waals surface area contributed by atoms with Gasteiger partial charge in [0, 0.05) is 13.2 Å². The highest BCUT2D eigenvalue weighted by Gasteiger charge is 2.15. The van der Waals surface area contributed by atoms with Crippen molar-refractivity contribution in [2.45, 2.75) is 85.2 Å². The van der Waals surface area contributed by atoms with Gasteiger partial charge in [-0.05, 0) is 90.4 Å². The zero-order chi connectivity index (χ0) is 29.8. The van der Waals surface area contributed by atoms with Crippen LogP contribution in [0.5, 0.6) is 17.2 Å². The lowest BCUT2D eigenvalue weighted by Crippen LogP contribution is -2.29. The quantitative estimate of drug-likeness (QED) is 0.111. The fraction of sp³-hybridized carbons (Fsp3) is 0.514. The van der Waals surface area contributed by atoms with Crippen molar-refractivity contribution in [1.29, 1.82) is 0 Å². The SMILES string of the molecule is CCCCOCC(COCCCC)Oc1cc(-c2ccc(OCCCC)cc2)cc(-c2ccc(OCCCC)cc2)c1. The highest BCUT2D eigenvalue weighted by atomic mass is 16.6. The molecule has 0 aromatic heterocycles. The number of rotatable bonds is 22. The number of benzene rings is 3. The summed E-state index contributed by atoms with van der Waals surface area (Å²) in [5.74, 6) is 2.59. The zero-order valence-corrected chi connectivity index (χ0v) is 26.4. The van der Waals surface area contributed by atoms with Gasteiger partial charge in [0.25, 0.3) is 0 Å². The van der Waals surface area contributed by atoms with Gasteiger partial charge in [-0.15, -0.1) is 0 Å². The second-order valence-corrected chi connectivity index (χ2v) is 10.8. The van der Waals surface area contributed by atoms with Gasteiger partial charge in [0.05, 0.1) is 26.4 Å². The molecule has 0 N–H and O–H groups in total. The van der Waals surface area contributed by atoms with Crippen LogP contribution in [0.2, 0.25) is 0 Å². The van der Waals surface area contributed by atoms with Crippen molar-refractivity contribution in [1.82, 2.24) is 0 Å². The van der Waals surface area contributed by atoms with E-state index in [4.69, 9.17) is 23.7 Å². The van der Waals surface area contributed by atoms with Crippen LogP contribution in [-0.2, 0) is 9.47 Å². The monoisotopic (exact) mass is 576 g/mol. The first-order valence-electron chi connectivity index (χ1n) is 16.1. The molecule has 3 rings (SSSR count). The van der Waals surface area contributed by atoms with Gasteiger partial charge in [0.1, 0.15) is 23.4 Å². The average Bonchev–Trinajstić information content (AvgIpc) is 3.02. The number of ether oxygens (including phenoxy) is 5. The Labute approximate surface area is 254 Å². The van der Waals surface area contributed by atoms with Crippen molar-refractivity contribution < 1.29 is 23.7 Å². The Bertz CT molecular complexity index is 1030. The lowest BCUT2D eigenvalue weighted by Gasteiger charge is -2.21. The average molecular weight is 577 g/mol. The minimum absolute atomic E-state index is 0.189. The summed E-state index contributed by atoms with van der Waals surface area (Å²) in [5, 5.41) is 0. The van der Waals surface area contributed by atoms with Gasteiger partial charge in [-0.2, -0.15) is 0 Å². The standard InChI is InChI=1S/C37H52O5/c1-5-9-21-38-28-37(29-39-22-10-6-2)42-36-26-32(30-13-17-34(18-14-30)40-23-11-7-3)25-33(27-36)31-15-19-35(20-16-31)41-24-12-8-4/h13-20,25-27,37H,5-12,21-24,28-29H2,1-4H3. The molecule has 0 radical (unpaired) electrons. The minimum Gasteiger partial charge on any atom is -0.494 e. The van der Waals surface area contributed by atoms with Crippen LogP contribution in [0.25, 0.3) is 22.3 Å². The van der Waals surface area contributed by atoms with Gasteiger partial charge in [-0.25, -0.2) is 0 Å². The van der Waals surface area contributed by atoms with Crippen molar-refractivity contribution in [3.05, 3.63) is 66.7 Å². The van der Waals surface area contributed by atoms with Crippen LogP contribution in [0.4, 0.5) is 0 Å². The molecule has 3 aromatic rings. The van der Waals surface area contributed by atoms with Crippen LogP contribution in [0, 0.1) is 0 Å². The summed E-state index contributed by atoms with van der Waals surface area (Å²) < 4.78 is 30.3. The molecule has 0 bridgehead atoms. The zero-order valence-electron chi connectivity index (χ0n) is 26.4. The maximum absolute atomic E-state index is 6.58.